The second-order valence-corrected chi connectivity index (χ2v) is 6.12. The van der Waals surface area contributed by atoms with Crippen LogP contribution in [0.3, 0.4) is 0 Å². The summed E-state index contributed by atoms with van der Waals surface area (Å²) < 4.78 is 0. The van der Waals surface area contributed by atoms with Crippen LogP contribution in [0.5, 0.6) is 0 Å². The molecule has 1 N–H and O–H groups in total. The zero-order valence-electron chi connectivity index (χ0n) is 12.2. The molecule has 0 saturated carbocycles. The van der Waals surface area contributed by atoms with Gasteiger partial charge in [-0.15, -0.1) is 0 Å². The molecule has 1 saturated heterocycles. The molecule has 0 aromatic carbocycles. The molecule has 0 bridgehead atoms. The summed E-state index contributed by atoms with van der Waals surface area (Å²) in [7, 11) is 2.10. The summed E-state index contributed by atoms with van der Waals surface area (Å²) >= 11 is 0. The van der Waals surface area contributed by atoms with Gasteiger partial charge in [-0.25, -0.2) is 0 Å². The quantitative estimate of drug-likeness (QED) is 0.894. The van der Waals surface area contributed by atoms with Crippen molar-refractivity contribution in [3.63, 3.8) is 0 Å². The molecule has 1 aliphatic rings. The van der Waals surface area contributed by atoms with Crippen molar-refractivity contribution in [3.05, 3.63) is 30.1 Å². The Morgan fingerprint density at radius 1 is 1.37 bits per heavy atom. The summed E-state index contributed by atoms with van der Waals surface area (Å²) in [5.41, 5.74) is 1.44. The standard InChI is InChI=1S/C15H25N3O/c1-15(2)6-9-17(3)14(12-19)11-18(15)10-13-4-7-16-8-5-13/h4-5,7-8,14,19H,6,9-12H2,1-3H3. The average molecular weight is 263 g/mol. The smallest absolute Gasteiger partial charge is 0.0599 e. The van der Waals surface area contributed by atoms with Crippen LogP contribution in [0.25, 0.3) is 0 Å². The maximum absolute atomic E-state index is 9.56. The summed E-state index contributed by atoms with van der Waals surface area (Å²) in [5, 5.41) is 9.56. The average Bonchev–Trinajstić information content (AvgIpc) is 2.51. The van der Waals surface area contributed by atoms with Gasteiger partial charge in [-0.05, 0) is 45.0 Å². The van der Waals surface area contributed by atoms with Gasteiger partial charge in [-0.3, -0.25) is 14.8 Å². The molecule has 4 nitrogen and oxygen atoms in total. The van der Waals surface area contributed by atoms with Crippen LogP contribution in [0.4, 0.5) is 0 Å². The number of aromatic nitrogens is 1. The Kier molecular flexibility index (Phi) is 4.55. The minimum absolute atomic E-state index is 0.154. The molecule has 1 aliphatic heterocycles. The third-order valence-corrected chi connectivity index (χ3v) is 4.32. The Hall–Kier alpha value is -0.970. The fourth-order valence-electron chi connectivity index (χ4n) is 2.62. The lowest BCUT2D eigenvalue weighted by molar-refractivity contribution is 0.0867. The van der Waals surface area contributed by atoms with Gasteiger partial charge < -0.3 is 5.11 Å². The van der Waals surface area contributed by atoms with Gasteiger partial charge in [-0.1, -0.05) is 0 Å². The van der Waals surface area contributed by atoms with Crippen LogP contribution in [0.1, 0.15) is 25.8 Å². The number of nitrogens with zero attached hydrogens (tertiary/aromatic N) is 3. The van der Waals surface area contributed by atoms with Gasteiger partial charge in [0.1, 0.15) is 0 Å². The van der Waals surface area contributed by atoms with E-state index in [1.165, 1.54) is 5.56 Å². The van der Waals surface area contributed by atoms with Gasteiger partial charge in [0.2, 0.25) is 0 Å². The Morgan fingerprint density at radius 3 is 2.68 bits per heavy atom. The molecule has 0 spiro atoms. The molecule has 1 fully saturated rings. The Morgan fingerprint density at radius 2 is 2.05 bits per heavy atom. The van der Waals surface area contributed by atoms with Crippen molar-refractivity contribution in [2.24, 2.45) is 0 Å². The van der Waals surface area contributed by atoms with Crippen LogP contribution in [0.2, 0.25) is 0 Å². The highest BCUT2D eigenvalue weighted by atomic mass is 16.3. The maximum atomic E-state index is 9.56. The van der Waals surface area contributed by atoms with E-state index < -0.39 is 0 Å². The predicted octanol–water partition coefficient (Wildman–Crippen LogP) is 1.36. The molecule has 4 heteroatoms. The Balaban J connectivity index is 2.15. The first-order valence-corrected chi connectivity index (χ1v) is 6.98. The second kappa shape index (κ2) is 5.99. The molecule has 1 aromatic rings. The second-order valence-electron chi connectivity index (χ2n) is 6.12. The molecular formula is C15H25N3O. The Labute approximate surface area is 116 Å². The van der Waals surface area contributed by atoms with Gasteiger partial charge in [0, 0.05) is 43.6 Å². The summed E-state index contributed by atoms with van der Waals surface area (Å²) in [4.78, 5) is 8.82. The van der Waals surface area contributed by atoms with E-state index in [0.29, 0.717) is 0 Å². The van der Waals surface area contributed by atoms with Crippen LogP contribution in [0.15, 0.2) is 24.5 Å². The lowest BCUT2D eigenvalue weighted by Crippen LogP contribution is -2.47. The van der Waals surface area contributed by atoms with Gasteiger partial charge in [-0.2, -0.15) is 0 Å². The molecule has 106 valence electrons. The summed E-state index contributed by atoms with van der Waals surface area (Å²) in [5.74, 6) is 0. The van der Waals surface area contributed by atoms with E-state index in [1.54, 1.807) is 0 Å². The highest BCUT2D eigenvalue weighted by Crippen LogP contribution is 2.26. The van der Waals surface area contributed by atoms with E-state index >= 15 is 0 Å². The van der Waals surface area contributed by atoms with Crippen molar-refractivity contribution < 1.29 is 5.11 Å². The largest absolute Gasteiger partial charge is 0.395 e. The fraction of sp³-hybridized carbons (Fsp3) is 0.667. The predicted molar refractivity (Wildman–Crippen MR) is 76.8 cm³/mol. The topological polar surface area (TPSA) is 39.6 Å². The monoisotopic (exact) mass is 263 g/mol. The first kappa shape index (κ1) is 14.4. The first-order chi connectivity index (χ1) is 9.03. The number of aliphatic hydroxyl groups excluding tert-OH is 1. The van der Waals surface area contributed by atoms with Crippen LogP contribution in [0, 0.1) is 0 Å². The summed E-state index contributed by atoms with van der Waals surface area (Å²) in [6, 6.07) is 4.36. The molecular weight excluding hydrogens is 238 g/mol. The number of likely N-dealkylation sites (N-methyl/N-ethyl adjacent to an activating group) is 1. The highest BCUT2D eigenvalue weighted by molar-refractivity contribution is 5.10. The zero-order chi connectivity index (χ0) is 13.9. The molecule has 2 heterocycles. The fourth-order valence-corrected chi connectivity index (χ4v) is 2.62. The minimum atomic E-state index is 0.154. The third-order valence-electron chi connectivity index (χ3n) is 4.32. The Bertz CT molecular complexity index is 394. The van der Waals surface area contributed by atoms with E-state index in [0.717, 1.165) is 26.1 Å². The lowest BCUT2D eigenvalue weighted by Gasteiger charge is -2.38. The van der Waals surface area contributed by atoms with Crippen LogP contribution >= 0.6 is 0 Å². The minimum Gasteiger partial charge on any atom is -0.395 e. The SMILES string of the molecule is CN1CCC(C)(C)N(Cc2ccncc2)CC1CO. The molecule has 19 heavy (non-hydrogen) atoms. The molecule has 0 aliphatic carbocycles. The normalized spacial score (nSPS) is 25.2. The molecule has 0 amide bonds. The van der Waals surface area contributed by atoms with Gasteiger partial charge in [0.15, 0.2) is 0 Å². The molecule has 2 rings (SSSR count). The van der Waals surface area contributed by atoms with E-state index in [-0.39, 0.29) is 18.2 Å². The number of hydrogen-bond donors (Lipinski definition) is 1. The summed E-state index contributed by atoms with van der Waals surface area (Å²) in [6.07, 6.45) is 4.80. The molecule has 0 radical (unpaired) electrons. The van der Waals surface area contributed by atoms with Gasteiger partial charge in [0.05, 0.1) is 6.61 Å². The number of rotatable bonds is 3. The van der Waals surface area contributed by atoms with Crippen LogP contribution < -0.4 is 0 Å². The van der Waals surface area contributed by atoms with Crippen LogP contribution in [-0.4, -0.2) is 58.2 Å². The number of pyridine rings is 1. The van der Waals surface area contributed by atoms with E-state index in [4.69, 9.17) is 0 Å². The van der Waals surface area contributed by atoms with E-state index in [1.807, 2.05) is 12.4 Å². The van der Waals surface area contributed by atoms with Gasteiger partial charge >= 0.3 is 0 Å². The van der Waals surface area contributed by atoms with Crippen molar-refractivity contribution >= 4 is 0 Å². The van der Waals surface area contributed by atoms with Crippen molar-refractivity contribution in [2.75, 3.05) is 26.7 Å². The van der Waals surface area contributed by atoms with Crippen molar-refractivity contribution in [1.82, 2.24) is 14.8 Å². The van der Waals surface area contributed by atoms with Crippen molar-refractivity contribution in [1.29, 1.82) is 0 Å². The number of hydrogen-bond acceptors (Lipinski definition) is 4. The van der Waals surface area contributed by atoms with E-state index in [9.17, 15) is 5.11 Å². The number of aliphatic hydroxyl groups is 1. The molecule has 1 aromatic heterocycles. The van der Waals surface area contributed by atoms with Crippen molar-refractivity contribution in [2.45, 2.75) is 38.4 Å². The third kappa shape index (κ3) is 3.53. The maximum Gasteiger partial charge on any atom is 0.0599 e. The van der Waals surface area contributed by atoms with Crippen LogP contribution in [-0.2, 0) is 6.54 Å². The van der Waals surface area contributed by atoms with Gasteiger partial charge in [0.25, 0.3) is 0 Å². The summed E-state index contributed by atoms with van der Waals surface area (Å²) in [6.45, 7) is 7.66. The molecule has 1 unspecified atom stereocenters. The highest BCUT2D eigenvalue weighted by Gasteiger charge is 2.33. The zero-order valence-corrected chi connectivity index (χ0v) is 12.2. The first-order valence-electron chi connectivity index (χ1n) is 6.98. The molecule has 1 atom stereocenters. The lowest BCUT2D eigenvalue weighted by atomic mass is 9.97. The van der Waals surface area contributed by atoms with E-state index in [2.05, 4.69) is 47.8 Å². The van der Waals surface area contributed by atoms with Crippen molar-refractivity contribution in [3.8, 4) is 0 Å².